The number of nitrogens with zero attached hydrogens (tertiary/aromatic N) is 3. The van der Waals surface area contributed by atoms with Crippen LogP contribution in [0.3, 0.4) is 0 Å². The summed E-state index contributed by atoms with van der Waals surface area (Å²) in [7, 11) is 0. The van der Waals surface area contributed by atoms with Crippen molar-refractivity contribution in [2.45, 2.75) is 127 Å². The molecular weight excluding hydrogens is 680 g/mol. The lowest BCUT2D eigenvalue weighted by atomic mass is 9.59. The summed E-state index contributed by atoms with van der Waals surface area (Å²) in [6.07, 6.45) is -6.54. The van der Waals surface area contributed by atoms with E-state index in [9.17, 15) is 36.6 Å². The standard InChI is InChI=1S/C33H43F6N3O8/c1-17-6-9-25-21(28(33(37,38)39)48-29-31(25)23(17)10-11-26(47-29)49-50-31)13-42-20(12-40-41-42)14-45-15-22(27(43)32(34,35)36)24-5-3-4-19-8-7-18(2)46-16-30(19,24)44/h12,17-19,23-26,29,43-44H,3-11,13-16H2,1-2H3/b27-22-/t17-,18+,19?,23+,24+,25+,26-,29+,30-,31-/m1/s1. The van der Waals surface area contributed by atoms with Crippen LogP contribution in [-0.4, -0.2) is 80.7 Å². The molecule has 2 aliphatic carbocycles. The van der Waals surface area contributed by atoms with Crippen LogP contribution in [0.4, 0.5) is 26.3 Å². The maximum Gasteiger partial charge on any atom is 0.449 e. The van der Waals surface area contributed by atoms with E-state index in [1.54, 1.807) is 0 Å². The van der Waals surface area contributed by atoms with E-state index in [0.717, 1.165) is 0 Å². The van der Waals surface area contributed by atoms with Crippen molar-refractivity contribution in [1.82, 2.24) is 15.0 Å². The van der Waals surface area contributed by atoms with E-state index < -0.39 is 84.8 Å². The normalized spacial score (nSPS) is 39.5. The summed E-state index contributed by atoms with van der Waals surface area (Å²) in [5, 5.41) is 30.1. The number of allylic oxidation sites excluding steroid dienone is 2. The second-order valence-electron chi connectivity index (χ2n) is 14.8. The van der Waals surface area contributed by atoms with E-state index in [2.05, 4.69) is 10.3 Å². The lowest BCUT2D eigenvalue weighted by Gasteiger charge is -2.56. The van der Waals surface area contributed by atoms with Crippen molar-refractivity contribution in [2.24, 2.45) is 29.6 Å². The van der Waals surface area contributed by atoms with Crippen molar-refractivity contribution in [3.63, 3.8) is 0 Å². The molecular formula is C33H43F6N3O8. The summed E-state index contributed by atoms with van der Waals surface area (Å²) < 4.78 is 110. The Morgan fingerprint density at radius 1 is 1.04 bits per heavy atom. The average molecular weight is 724 g/mol. The molecule has 280 valence electrons. The molecule has 1 spiro atoms. The number of aliphatic hydroxyl groups excluding tert-OH is 1. The number of fused-ring (bicyclic) bond motifs is 3. The van der Waals surface area contributed by atoms with E-state index in [1.807, 2.05) is 13.8 Å². The zero-order valence-electron chi connectivity index (χ0n) is 27.8. The Bertz CT molecular complexity index is 1480. The molecule has 6 heterocycles. The molecule has 7 aliphatic rings. The smallest absolute Gasteiger partial charge is 0.449 e. The fraction of sp³-hybridized carbons (Fsp3) is 0.818. The van der Waals surface area contributed by atoms with E-state index in [4.69, 9.17) is 28.7 Å². The fourth-order valence-electron chi connectivity index (χ4n) is 9.44. The van der Waals surface area contributed by atoms with Crippen LogP contribution < -0.4 is 0 Å². The van der Waals surface area contributed by atoms with Crippen LogP contribution in [0.2, 0.25) is 0 Å². The van der Waals surface area contributed by atoms with Crippen LogP contribution in [-0.2, 0) is 41.9 Å². The third kappa shape index (κ3) is 6.22. The highest BCUT2D eigenvalue weighted by molar-refractivity contribution is 5.28. The van der Waals surface area contributed by atoms with Gasteiger partial charge >= 0.3 is 12.4 Å². The molecule has 11 nitrogen and oxygen atoms in total. The molecule has 2 bridgehead atoms. The van der Waals surface area contributed by atoms with Gasteiger partial charge in [-0.1, -0.05) is 18.6 Å². The Hall–Kier alpha value is -2.44. The minimum Gasteiger partial charge on any atom is -0.504 e. The van der Waals surface area contributed by atoms with Crippen LogP contribution in [0.15, 0.2) is 28.9 Å². The summed E-state index contributed by atoms with van der Waals surface area (Å²) in [5.74, 6) is -5.37. The summed E-state index contributed by atoms with van der Waals surface area (Å²) in [6.45, 7) is 2.16. The first kappa shape index (κ1) is 35.9. The Balaban J connectivity index is 1.15. The molecule has 8 rings (SSSR count). The summed E-state index contributed by atoms with van der Waals surface area (Å²) >= 11 is 0. The van der Waals surface area contributed by atoms with Gasteiger partial charge in [-0.2, -0.15) is 26.3 Å². The van der Waals surface area contributed by atoms with Gasteiger partial charge in [0.15, 0.2) is 17.7 Å². The highest BCUT2D eigenvalue weighted by atomic mass is 19.4. The lowest BCUT2D eigenvalue weighted by molar-refractivity contribution is -0.528. The molecule has 1 aromatic heterocycles. The number of rotatable bonds is 7. The number of hydrogen-bond acceptors (Lipinski definition) is 10. The quantitative estimate of drug-likeness (QED) is 0.191. The van der Waals surface area contributed by atoms with E-state index in [-0.39, 0.29) is 48.2 Å². The molecule has 1 aromatic rings. The molecule has 17 heteroatoms. The van der Waals surface area contributed by atoms with Gasteiger partial charge in [0.2, 0.25) is 12.0 Å². The number of halogens is 6. The molecule has 50 heavy (non-hydrogen) atoms. The highest BCUT2D eigenvalue weighted by Gasteiger charge is 2.68. The highest BCUT2D eigenvalue weighted by Crippen LogP contribution is 2.60. The van der Waals surface area contributed by atoms with Gasteiger partial charge in [-0.3, -0.25) is 0 Å². The van der Waals surface area contributed by atoms with Crippen molar-refractivity contribution >= 4 is 0 Å². The Morgan fingerprint density at radius 3 is 2.60 bits per heavy atom. The van der Waals surface area contributed by atoms with Crippen LogP contribution in [0, 0.1) is 29.6 Å². The predicted octanol–water partition coefficient (Wildman–Crippen LogP) is 6.19. The van der Waals surface area contributed by atoms with Crippen LogP contribution in [0.5, 0.6) is 0 Å². The molecule has 1 unspecified atom stereocenters. The topological polar surface area (TPSA) is 127 Å². The minimum atomic E-state index is -5.11. The predicted molar refractivity (Wildman–Crippen MR) is 158 cm³/mol. The molecule has 0 aromatic carbocycles. The van der Waals surface area contributed by atoms with Crippen LogP contribution in [0.1, 0.15) is 77.3 Å². The van der Waals surface area contributed by atoms with Gasteiger partial charge in [0.05, 0.1) is 50.0 Å². The molecule has 10 atom stereocenters. The van der Waals surface area contributed by atoms with Crippen molar-refractivity contribution in [3.05, 3.63) is 34.6 Å². The van der Waals surface area contributed by atoms with E-state index >= 15 is 0 Å². The van der Waals surface area contributed by atoms with Gasteiger partial charge in [0.1, 0.15) is 0 Å². The minimum absolute atomic E-state index is 0.103. The molecule has 0 radical (unpaired) electrons. The van der Waals surface area contributed by atoms with Gasteiger partial charge in [-0.05, 0) is 63.7 Å². The Morgan fingerprint density at radius 2 is 1.84 bits per heavy atom. The van der Waals surface area contributed by atoms with Gasteiger partial charge in [-0.25, -0.2) is 14.5 Å². The van der Waals surface area contributed by atoms with E-state index in [1.165, 1.54) is 10.9 Å². The molecule has 5 aliphatic heterocycles. The number of hydrogen-bond donors (Lipinski definition) is 2. The van der Waals surface area contributed by atoms with Crippen molar-refractivity contribution < 1.29 is 65.3 Å². The van der Waals surface area contributed by atoms with Crippen LogP contribution in [0.25, 0.3) is 0 Å². The first-order valence-corrected chi connectivity index (χ1v) is 17.4. The number of ether oxygens (including phenoxy) is 4. The van der Waals surface area contributed by atoms with Gasteiger partial charge in [-0.15, -0.1) is 5.10 Å². The first-order chi connectivity index (χ1) is 23.6. The molecule has 6 fully saturated rings. The van der Waals surface area contributed by atoms with Crippen molar-refractivity contribution in [3.8, 4) is 0 Å². The van der Waals surface area contributed by atoms with Gasteiger partial charge in [0.25, 0.3) is 0 Å². The third-order valence-electron chi connectivity index (χ3n) is 12.0. The SMILES string of the molecule is C[C@@H]1CC[C@H]2C(Cn3nncc3COC/C(=C(/O)C(F)(F)F)[C@@H]3CCCC4CC[C@H](C)OC[C@@]43O)=C(C(F)(F)F)O[C@@H]3O[C@H]4CC[C@@H]1[C@]32OO4. The van der Waals surface area contributed by atoms with Crippen LogP contribution >= 0.6 is 0 Å². The number of aromatic nitrogens is 3. The van der Waals surface area contributed by atoms with Gasteiger partial charge < -0.3 is 29.2 Å². The summed E-state index contributed by atoms with van der Waals surface area (Å²) in [5.41, 5.74) is -3.42. The molecule has 0 amide bonds. The zero-order chi connectivity index (χ0) is 35.6. The Kier molecular flexibility index (Phi) is 9.49. The second-order valence-corrected chi connectivity index (χ2v) is 14.8. The molecule has 4 saturated heterocycles. The first-order valence-electron chi connectivity index (χ1n) is 17.4. The van der Waals surface area contributed by atoms with Crippen molar-refractivity contribution in [2.75, 3.05) is 13.2 Å². The summed E-state index contributed by atoms with van der Waals surface area (Å²) in [4.78, 5) is 11.5. The Labute approximate surface area is 284 Å². The largest absolute Gasteiger partial charge is 0.504 e. The molecule has 2 N–H and O–H groups in total. The zero-order valence-corrected chi connectivity index (χ0v) is 27.8. The van der Waals surface area contributed by atoms with Crippen molar-refractivity contribution in [1.29, 1.82) is 0 Å². The lowest BCUT2D eigenvalue weighted by Crippen LogP contribution is -2.66. The third-order valence-corrected chi connectivity index (χ3v) is 12.0. The average Bonchev–Trinajstić information content (AvgIpc) is 3.21. The van der Waals surface area contributed by atoms with E-state index in [0.29, 0.717) is 51.4 Å². The molecule has 2 saturated carbocycles. The maximum absolute atomic E-state index is 14.6. The number of aliphatic hydroxyl groups is 2. The van der Waals surface area contributed by atoms with Gasteiger partial charge in [0, 0.05) is 35.3 Å². The second kappa shape index (κ2) is 13.2. The monoisotopic (exact) mass is 723 g/mol. The number of alkyl halides is 6. The maximum atomic E-state index is 14.6. The summed E-state index contributed by atoms with van der Waals surface area (Å²) in [6, 6.07) is 0. The fourth-order valence-corrected chi connectivity index (χ4v) is 9.44.